The fourth-order valence-electron chi connectivity index (χ4n) is 3.90. The normalized spacial score (nSPS) is 25.2. The topological polar surface area (TPSA) is 71.1 Å². The van der Waals surface area contributed by atoms with Crippen molar-refractivity contribution in [3.63, 3.8) is 0 Å². The molecule has 3 heterocycles. The molecule has 0 spiro atoms. The molecule has 0 radical (unpaired) electrons. The zero-order chi connectivity index (χ0) is 20.8. The lowest BCUT2D eigenvalue weighted by Crippen LogP contribution is -2.63. The number of morpholine rings is 1. The number of amides is 3. The Morgan fingerprint density at radius 3 is 2.69 bits per heavy atom. The van der Waals surface area contributed by atoms with Gasteiger partial charge in [0, 0.05) is 32.1 Å². The molecule has 158 valence electrons. The molecule has 0 aromatic heterocycles. The lowest BCUT2D eigenvalue weighted by molar-refractivity contribution is -0.274. The number of benzene rings is 1. The number of rotatable bonds is 2. The van der Waals surface area contributed by atoms with Crippen LogP contribution in [0, 0.1) is 0 Å². The summed E-state index contributed by atoms with van der Waals surface area (Å²) in [6, 6.07) is 3.83. The van der Waals surface area contributed by atoms with E-state index in [1.165, 1.54) is 18.2 Å². The molecule has 3 saturated heterocycles. The van der Waals surface area contributed by atoms with Crippen LogP contribution in [0.4, 0.5) is 18.0 Å². The summed E-state index contributed by atoms with van der Waals surface area (Å²) in [7, 11) is 0. The second-order valence-electron chi connectivity index (χ2n) is 7.38. The number of carbonyl (C=O) groups is 2. The van der Waals surface area contributed by atoms with Crippen LogP contribution in [-0.4, -0.2) is 73.0 Å². The Hall–Kier alpha value is -2.20. The second kappa shape index (κ2) is 7.56. The number of halogens is 4. The van der Waals surface area contributed by atoms with Gasteiger partial charge in [-0.2, -0.15) is 0 Å². The van der Waals surface area contributed by atoms with Gasteiger partial charge in [-0.25, -0.2) is 4.79 Å². The van der Waals surface area contributed by atoms with E-state index in [0.717, 1.165) is 5.56 Å². The molecule has 1 aromatic carbocycles. The maximum atomic E-state index is 12.7. The second-order valence-corrected chi connectivity index (χ2v) is 7.79. The lowest BCUT2D eigenvalue weighted by atomic mass is 9.91. The summed E-state index contributed by atoms with van der Waals surface area (Å²) in [5.74, 6) is -0.638. The van der Waals surface area contributed by atoms with Crippen LogP contribution in [-0.2, 0) is 9.53 Å². The predicted molar refractivity (Wildman–Crippen MR) is 95.7 cm³/mol. The monoisotopic (exact) mass is 433 g/mol. The standard InChI is InChI=1S/C18H19ClF3N3O4/c19-12-5-10(1-2-14(12)29-18(20,21)22)11-6-25(7-11)17(27)24-4-3-15-13(8-24)23-16(26)9-28-15/h1-2,5,11,13,15H,3-4,6-9H2,(H,23,26). The number of ether oxygens (including phenoxy) is 2. The van der Waals surface area contributed by atoms with Crippen LogP contribution in [0.15, 0.2) is 18.2 Å². The van der Waals surface area contributed by atoms with Crippen LogP contribution >= 0.6 is 11.6 Å². The first-order valence-corrected chi connectivity index (χ1v) is 9.57. The molecule has 11 heteroatoms. The van der Waals surface area contributed by atoms with Crippen molar-refractivity contribution in [3.05, 3.63) is 28.8 Å². The van der Waals surface area contributed by atoms with Crippen molar-refractivity contribution in [1.29, 1.82) is 0 Å². The van der Waals surface area contributed by atoms with E-state index in [9.17, 15) is 22.8 Å². The average Bonchev–Trinajstić information content (AvgIpc) is 2.61. The highest BCUT2D eigenvalue weighted by Gasteiger charge is 2.40. The average molecular weight is 434 g/mol. The van der Waals surface area contributed by atoms with Gasteiger partial charge in [0.1, 0.15) is 12.4 Å². The lowest BCUT2D eigenvalue weighted by Gasteiger charge is -2.46. The molecule has 2 atom stereocenters. The first-order chi connectivity index (χ1) is 13.7. The molecule has 2 unspecified atom stereocenters. The minimum atomic E-state index is -4.80. The zero-order valence-corrected chi connectivity index (χ0v) is 16.0. The van der Waals surface area contributed by atoms with E-state index in [0.29, 0.717) is 32.6 Å². The first kappa shape index (κ1) is 20.1. The Morgan fingerprint density at radius 2 is 2.00 bits per heavy atom. The van der Waals surface area contributed by atoms with Gasteiger partial charge in [0.2, 0.25) is 5.91 Å². The maximum absolute atomic E-state index is 12.7. The summed E-state index contributed by atoms with van der Waals surface area (Å²) in [5.41, 5.74) is 0.750. The highest BCUT2D eigenvalue weighted by molar-refractivity contribution is 6.32. The minimum absolute atomic E-state index is 0.00774. The third-order valence-electron chi connectivity index (χ3n) is 5.40. The van der Waals surface area contributed by atoms with Crippen LogP contribution in [0.1, 0.15) is 17.9 Å². The quantitative estimate of drug-likeness (QED) is 0.777. The van der Waals surface area contributed by atoms with Gasteiger partial charge >= 0.3 is 12.4 Å². The van der Waals surface area contributed by atoms with Crippen LogP contribution in [0.5, 0.6) is 5.75 Å². The fraction of sp³-hybridized carbons (Fsp3) is 0.556. The number of urea groups is 1. The molecule has 1 aromatic rings. The highest BCUT2D eigenvalue weighted by Crippen LogP contribution is 2.35. The summed E-state index contributed by atoms with van der Waals surface area (Å²) in [6.45, 7) is 1.89. The van der Waals surface area contributed by atoms with Gasteiger partial charge in [-0.15, -0.1) is 13.2 Å². The summed E-state index contributed by atoms with van der Waals surface area (Å²) < 4.78 is 46.4. The van der Waals surface area contributed by atoms with Gasteiger partial charge in [0.25, 0.3) is 0 Å². The molecule has 4 rings (SSSR count). The van der Waals surface area contributed by atoms with Gasteiger partial charge in [-0.05, 0) is 24.1 Å². The summed E-state index contributed by atoms with van der Waals surface area (Å²) in [4.78, 5) is 27.6. The molecular formula is C18H19ClF3N3O4. The summed E-state index contributed by atoms with van der Waals surface area (Å²) in [5, 5.41) is 2.73. The van der Waals surface area contributed by atoms with Gasteiger partial charge in [0.15, 0.2) is 0 Å². The van der Waals surface area contributed by atoms with Gasteiger partial charge in [-0.3, -0.25) is 4.79 Å². The third-order valence-corrected chi connectivity index (χ3v) is 5.70. The summed E-state index contributed by atoms with van der Waals surface area (Å²) in [6.07, 6.45) is -4.22. The summed E-state index contributed by atoms with van der Waals surface area (Å²) >= 11 is 5.90. The van der Waals surface area contributed by atoms with E-state index < -0.39 is 12.1 Å². The van der Waals surface area contributed by atoms with E-state index in [4.69, 9.17) is 16.3 Å². The Balaban J connectivity index is 1.32. The van der Waals surface area contributed by atoms with Crippen LogP contribution in [0.3, 0.4) is 0 Å². The van der Waals surface area contributed by atoms with Crippen LogP contribution < -0.4 is 10.1 Å². The molecule has 0 aliphatic carbocycles. The minimum Gasteiger partial charge on any atom is -0.404 e. The molecular weight excluding hydrogens is 415 g/mol. The van der Waals surface area contributed by atoms with E-state index in [2.05, 4.69) is 10.1 Å². The van der Waals surface area contributed by atoms with Crippen LogP contribution in [0.25, 0.3) is 0 Å². The highest BCUT2D eigenvalue weighted by atomic mass is 35.5. The molecule has 3 aliphatic heterocycles. The zero-order valence-electron chi connectivity index (χ0n) is 15.2. The van der Waals surface area contributed by atoms with Gasteiger partial charge in [0.05, 0.1) is 17.2 Å². The van der Waals surface area contributed by atoms with Crippen molar-refractivity contribution < 1.29 is 32.2 Å². The predicted octanol–water partition coefficient (Wildman–Crippen LogP) is 2.35. The molecule has 7 nitrogen and oxygen atoms in total. The molecule has 1 N–H and O–H groups in total. The van der Waals surface area contributed by atoms with Crippen LogP contribution in [0.2, 0.25) is 5.02 Å². The number of carbonyl (C=O) groups excluding carboxylic acids is 2. The molecule has 0 saturated carbocycles. The van der Waals surface area contributed by atoms with Gasteiger partial charge in [-0.1, -0.05) is 17.7 Å². The third kappa shape index (κ3) is 4.37. The van der Waals surface area contributed by atoms with E-state index >= 15 is 0 Å². The van der Waals surface area contributed by atoms with Crippen molar-refractivity contribution in [3.8, 4) is 5.75 Å². The Bertz CT molecular complexity index is 816. The van der Waals surface area contributed by atoms with Crippen molar-refractivity contribution in [2.75, 3.05) is 32.8 Å². The number of nitrogens with one attached hydrogen (secondary N) is 1. The molecule has 29 heavy (non-hydrogen) atoms. The number of piperidine rings is 1. The number of hydrogen-bond donors (Lipinski definition) is 1. The first-order valence-electron chi connectivity index (χ1n) is 9.19. The van der Waals surface area contributed by atoms with Crippen molar-refractivity contribution in [2.24, 2.45) is 0 Å². The van der Waals surface area contributed by atoms with Gasteiger partial charge < -0.3 is 24.6 Å². The van der Waals surface area contributed by atoms with Crippen molar-refractivity contribution in [2.45, 2.75) is 30.8 Å². The van der Waals surface area contributed by atoms with E-state index in [-0.39, 0.29) is 41.6 Å². The molecule has 3 amide bonds. The molecule has 3 aliphatic rings. The Morgan fingerprint density at radius 1 is 1.24 bits per heavy atom. The number of fused-ring (bicyclic) bond motifs is 1. The number of alkyl halides is 3. The smallest absolute Gasteiger partial charge is 0.404 e. The van der Waals surface area contributed by atoms with Crippen molar-refractivity contribution >= 4 is 23.5 Å². The van der Waals surface area contributed by atoms with E-state index in [1.807, 2.05) is 0 Å². The largest absolute Gasteiger partial charge is 0.573 e. The van der Waals surface area contributed by atoms with Crippen molar-refractivity contribution in [1.82, 2.24) is 15.1 Å². The maximum Gasteiger partial charge on any atom is 0.573 e. The number of likely N-dealkylation sites (tertiary alicyclic amines) is 2. The molecule has 3 fully saturated rings. The number of nitrogens with zero attached hydrogens (tertiary/aromatic N) is 2. The Kier molecular flexibility index (Phi) is 5.24. The SMILES string of the molecule is O=C1COC2CCN(C(=O)N3CC(c4ccc(OC(F)(F)F)c(Cl)c4)C3)CC2N1. The van der Waals surface area contributed by atoms with E-state index in [1.54, 1.807) is 9.80 Å². The number of hydrogen-bond acceptors (Lipinski definition) is 4. The fourth-order valence-corrected chi connectivity index (χ4v) is 4.13. The molecule has 0 bridgehead atoms. The Labute approximate surface area is 169 Å².